The van der Waals surface area contributed by atoms with Gasteiger partial charge in [0.25, 0.3) is 10.1 Å². The molecule has 5 rings (SSSR count). The molecule has 0 amide bonds. The molecule has 6 heteroatoms. The van der Waals surface area contributed by atoms with Crippen molar-refractivity contribution < 1.29 is 12.6 Å². The van der Waals surface area contributed by atoms with Crippen LogP contribution in [0.25, 0.3) is 0 Å². The quantitative estimate of drug-likeness (QED) is 0.466. The molecule has 2 aliphatic carbocycles. The van der Waals surface area contributed by atoms with E-state index >= 15 is 0 Å². The molecule has 2 fully saturated rings. The number of aromatic nitrogens is 2. The Morgan fingerprint density at radius 1 is 1.03 bits per heavy atom. The van der Waals surface area contributed by atoms with Crippen LogP contribution in [-0.2, 0) is 20.7 Å². The highest BCUT2D eigenvalue weighted by atomic mass is 32.2. The Labute approximate surface area is 184 Å². The van der Waals surface area contributed by atoms with Gasteiger partial charge in [-0.3, -0.25) is 8.86 Å². The summed E-state index contributed by atoms with van der Waals surface area (Å²) in [5, 5.41) is 4.95. The van der Waals surface area contributed by atoms with Gasteiger partial charge in [0.2, 0.25) is 0 Å². The molecule has 0 spiro atoms. The molecule has 5 nitrogen and oxygen atoms in total. The minimum absolute atomic E-state index is 0.222. The first kappa shape index (κ1) is 20.5. The van der Waals surface area contributed by atoms with Crippen molar-refractivity contribution >= 4 is 10.1 Å². The van der Waals surface area contributed by atoms with E-state index in [4.69, 9.17) is 9.28 Å². The van der Waals surface area contributed by atoms with E-state index < -0.39 is 10.1 Å². The van der Waals surface area contributed by atoms with Crippen LogP contribution in [0.2, 0.25) is 0 Å². The van der Waals surface area contributed by atoms with Gasteiger partial charge in [0.05, 0.1) is 23.2 Å². The number of hydrogen-bond acceptors (Lipinski definition) is 4. The van der Waals surface area contributed by atoms with Gasteiger partial charge >= 0.3 is 0 Å². The molecular formula is C25H28N2O3S. The van der Waals surface area contributed by atoms with Gasteiger partial charge in [-0.25, -0.2) is 0 Å². The zero-order chi connectivity index (χ0) is 21.4. The van der Waals surface area contributed by atoms with Crippen LogP contribution in [0.4, 0.5) is 0 Å². The van der Waals surface area contributed by atoms with Crippen LogP contribution < -0.4 is 0 Å². The van der Waals surface area contributed by atoms with Crippen molar-refractivity contribution in [3.8, 4) is 0 Å². The topological polar surface area (TPSA) is 61.2 Å². The van der Waals surface area contributed by atoms with Gasteiger partial charge in [0.15, 0.2) is 0 Å². The highest BCUT2D eigenvalue weighted by Crippen LogP contribution is 2.43. The molecule has 0 aliphatic heterocycles. The maximum absolute atomic E-state index is 12.4. The molecule has 0 bridgehead atoms. The van der Waals surface area contributed by atoms with E-state index in [0.29, 0.717) is 12.0 Å². The fourth-order valence-corrected chi connectivity index (χ4v) is 5.26. The summed E-state index contributed by atoms with van der Waals surface area (Å²) in [4.78, 5) is 0.222. The Morgan fingerprint density at radius 3 is 2.42 bits per heavy atom. The normalized spacial score (nSPS) is 21.1. The largest absolute Gasteiger partial charge is 0.296 e. The first-order valence-electron chi connectivity index (χ1n) is 11.1. The second-order valence-electron chi connectivity index (χ2n) is 8.98. The second kappa shape index (κ2) is 8.24. The zero-order valence-corrected chi connectivity index (χ0v) is 18.6. The first-order valence-corrected chi connectivity index (χ1v) is 12.5. The first-order chi connectivity index (χ1) is 15.0. The summed E-state index contributed by atoms with van der Waals surface area (Å²) in [5.41, 5.74) is 4.78. The molecule has 1 aromatic heterocycles. The van der Waals surface area contributed by atoms with E-state index in [2.05, 4.69) is 35.0 Å². The summed E-state index contributed by atoms with van der Waals surface area (Å²) in [6, 6.07) is 19.9. The summed E-state index contributed by atoms with van der Waals surface area (Å²) in [6.45, 7) is 2.17. The van der Waals surface area contributed by atoms with Crippen LogP contribution in [-0.4, -0.2) is 24.8 Å². The maximum atomic E-state index is 12.4. The summed E-state index contributed by atoms with van der Waals surface area (Å²) in [5.74, 6) is 0.859. The number of rotatable bonds is 8. The van der Waals surface area contributed by atoms with Gasteiger partial charge < -0.3 is 0 Å². The number of aryl methyl sites for hydroxylation is 1. The average molecular weight is 437 g/mol. The predicted molar refractivity (Wildman–Crippen MR) is 120 cm³/mol. The monoisotopic (exact) mass is 436 g/mol. The molecule has 31 heavy (non-hydrogen) atoms. The van der Waals surface area contributed by atoms with Gasteiger partial charge in [-0.15, -0.1) is 0 Å². The van der Waals surface area contributed by atoms with E-state index in [-0.39, 0.29) is 17.4 Å². The fourth-order valence-electron chi connectivity index (χ4n) is 4.28. The van der Waals surface area contributed by atoms with E-state index in [1.807, 2.05) is 13.0 Å². The van der Waals surface area contributed by atoms with Crippen LogP contribution in [0.1, 0.15) is 60.2 Å². The predicted octanol–water partition coefficient (Wildman–Crippen LogP) is 5.02. The standard InChI is InChI=1S/C25H28N2O3S/c1-18-7-11-24(12-8-18)31(28,29)30-17-20-14-22(15-20)27-23(13-19-5-3-2-4-6-19)16-25(26-27)21-9-10-21/h2-8,11-12,16,20-22H,9-10,13-15,17H2,1H3. The van der Waals surface area contributed by atoms with Crippen molar-refractivity contribution in [2.75, 3.05) is 6.61 Å². The zero-order valence-electron chi connectivity index (χ0n) is 17.8. The third kappa shape index (κ3) is 4.60. The van der Waals surface area contributed by atoms with Gasteiger partial charge in [0.1, 0.15) is 0 Å². The SMILES string of the molecule is Cc1ccc(S(=O)(=O)OCC2CC(n3nc(C4CC4)cc3Cc3ccccc3)C2)cc1. The van der Waals surface area contributed by atoms with E-state index in [9.17, 15) is 8.42 Å². The molecule has 2 saturated carbocycles. The van der Waals surface area contributed by atoms with Crippen molar-refractivity contribution in [3.05, 3.63) is 83.2 Å². The van der Waals surface area contributed by atoms with Crippen LogP contribution >= 0.6 is 0 Å². The summed E-state index contributed by atoms with van der Waals surface area (Å²) < 4.78 is 32.4. The Kier molecular flexibility index (Phi) is 5.44. The fraction of sp³-hybridized carbons (Fsp3) is 0.400. The number of nitrogens with zero attached hydrogens (tertiary/aromatic N) is 2. The van der Waals surface area contributed by atoms with Crippen molar-refractivity contribution in [1.82, 2.24) is 9.78 Å². The lowest BCUT2D eigenvalue weighted by Crippen LogP contribution is -2.32. The van der Waals surface area contributed by atoms with Crippen LogP contribution in [0.5, 0.6) is 0 Å². The minimum atomic E-state index is -3.70. The Balaban J connectivity index is 1.22. The van der Waals surface area contributed by atoms with Crippen LogP contribution in [0.3, 0.4) is 0 Å². The molecule has 0 unspecified atom stereocenters. The summed E-state index contributed by atoms with van der Waals surface area (Å²) in [6.07, 6.45) is 5.15. The number of benzene rings is 2. The summed E-state index contributed by atoms with van der Waals surface area (Å²) >= 11 is 0. The van der Waals surface area contributed by atoms with Crippen molar-refractivity contribution in [3.63, 3.8) is 0 Å². The smallest absolute Gasteiger partial charge is 0.266 e. The molecule has 3 aromatic rings. The van der Waals surface area contributed by atoms with Crippen molar-refractivity contribution in [1.29, 1.82) is 0 Å². The van der Waals surface area contributed by atoms with Gasteiger partial charge in [-0.1, -0.05) is 48.0 Å². The summed E-state index contributed by atoms with van der Waals surface area (Å²) in [7, 11) is -3.70. The average Bonchev–Trinajstić information content (AvgIpc) is 3.50. The Bertz CT molecular complexity index is 1140. The number of hydrogen-bond donors (Lipinski definition) is 0. The lowest BCUT2D eigenvalue weighted by atomic mass is 9.81. The Hall–Kier alpha value is -2.44. The molecule has 0 saturated heterocycles. The lowest BCUT2D eigenvalue weighted by molar-refractivity contribution is 0.119. The lowest BCUT2D eigenvalue weighted by Gasteiger charge is -2.36. The molecule has 2 aromatic carbocycles. The van der Waals surface area contributed by atoms with Gasteiger partial charge in [-0.2, -0.15) is 13.5 Å². The highest BCUT2D eigenvalue weighted by molar-refractivity contribution is 7.86. The molecule has 0 atom stereocenters. The maximum Gasteiger partial charge on any atom is 0.296 e. The van der Waals surface area contributed by atoms with Gasteiger partial charge in [0, 0.05) is 18.0 Å². The van der Waals surface area contributed by atoms with E-state index in [1.165, 1.54) is 29.8 Å². The van der Waals surface area contributed by atoms with Crippen LogP contribution in [0.15, 0.2) is 65.6 Å². The molecular weight excluding hydrogens is 408 g/mol. The van der Waals surface area contributed by atoms with E-state index in [0.717, 1.165) is 24.8 Å². The van der Waals surface area contributed by atoms with E-state index in [1.54, 1.807) is 24.3 Å². The molecule has 2 aliphatic rings. The third-order valence-electron chi connectivity index (χ3n) is 6.38. The molecule has 162 valence electrons. The van der Waals surface area contributed by atoms with Gasteiger partial charge in [-0.05, 0) is 62.3 Å². The highest BCUT2D eigenvalue weighted by Gasteiger charge is 2.35. The Morgan fingerprint density at radius 2 is 1.74 bits per heavy atom. The van der Waals surface area contributed by atoms with Crippen LogP contribution in [0, 0.1) is 12.8 Å². The molecule has 1 heterocycles. The van der Waals surface area contributed by atoms with Crippen molar-refractivity contribution in [2.45, 2.75) is 55.9 Å². The minimum Gasteiger partial charge on any atom is -0.266 e. The second-order valence-corrected chi connectivity index (χ2v) is 10.6. The molecule has 0 N–H and O–H groups in total. The van der Waals surface area contributed by atoms with Crippen molar-refractivity contribution in [2.24, 2.45) is 5.92 Å². The molecule has 0 radical (unpaired) electrons. The third-order valence-corrected chi connectivity index (χ3v) is 7.68.